The fourth-order valence-corrected chi connectivity index (χ4v) is 1.66. The first-order valence-corrected chi connectivity index (χ1v) is 5.61. The molecule has 0 bridgehead atoms. The molecule has 0 fully saturated rings. The highest BCUT2D eigenvalue weighted by Gasteiger charge is 2.13. The van der Waals surface area contributed by atoms with Gasteiger partial charge in [-0.1, -0.05) is 6.07 Å². The van der Waals surface area contributed by atoms with Gasteiger partial charge in [0.2, 0.25) is 0 Å². The summed E-state index contributed by atoms with van der Waals surface area (Å²) >= 11 is 0. The van der Waals surface area contributed by atoms with Crippen LogP contribution in [0.5, 0.6) is 11.5 Å². The van der Waals surface area contributed by atoms with Gasteiger partial charge in [-0.2, -0.15) is 0 Å². The summed E-state index contributed by atoms with van der Waals surface area (Å²) in [5.74, 6) is 1.28. The van der Waals surface area contributed by atoms with E-state index in [1.807, 2.05) is 32.9 Å². The van der Waals surface area contributed by atoms with Gasteiger partial charge in [0.1, 0.15) is 5.82 Å². The molecule has 2 aromatic rings. The molecule has 0 atom stereocenters. The van der Waals surface area contributed by atoms with Gasteiger partial charge < -0.3 is 14.8 Å². The fourth-order valence-electron chi connectivity index (χ4n) is 1.66. The van der Waals surface area contributed by atoms with Crippen LogP contribution in [0.1, 0.15) is 18.3 Å². The topological polar surface area (TPSA) is 58.1 Å². The van der Waals surface area contributed by atoms with Crippen LogP contribution in [0, 0.1) is 13.8 Å². The Labute approximate surface area is 100 Å². The molecule has 0 aliphatic heterocycles. The van der Waals surface area contributed by atoms with Crippen LogP contribution in [-0.2, 0) is 0 Å². The van der Waals surface area contributed by atoms with Crippen molar-refractivity contribution in [2.45, 2.75) is 20.8 Å². The maximum Gasteiger partial charge on any atom is 0.168 e. The first kappa shape index (κ1) is 11.5. The maximum absolute atomic E-state index is 10.1. The number of hydrogen-bond donors (Lipinski definition) is 2. The number of imidazole rings is 1. The number of nitrogens with one attached hydrogen (secondary N) is 1. The Hall–Kier alpha value is -1.97. The summed E-state index contributed by atoms with van der Waals surface area (Å²) in [7, 11) is 0. The SMILES string of the molecule is CCOc1cccc(-c2nc(C)c(C)[nH]2)c1O. The molecule has 1 aromatic carbocycles. The van der Waals surface area contributed by atoms with E-state index in [4.69, 9.17) is 4.74 Å². The van der Waals surface area contributed by atoms with Crippen molar-refractivity contribution >= 4 is 0 Å². The highest BCUT2D eigenvalue weighted by molar-refractivity contribution is 5.68. The predicted octanol–water partition coefficient (Wildman–Crippen LogP) is 2.80. The van der Waals surface area contributed by atoms with Crippen molar-refractivity contribution in [1.29, 1.82) is 0 Å². The van der Waals surface area contributed by atoms with Crippen LogP contribution in [0.3, 0.4) is 0 Å². The van der Waals surface area contributed by atoms with Crippen molar-refractivity contribution in [3.8, 4) is 22.9 Å². The molecule has 1 heterocycles. The van der Waals surface area contributed by atoms with Crippen molar-refractivity contribution in [1.82, 2.24) is 9.97 Å². The van der Waals surface area contributed by atoms with Crippen molar-refractivity contribution in [2.75, 3.05) is 6.61 Å². The standard InChI is InChI=1S/C13H16N2O2/c1-4-17-11-7-5-6-10(12(11)16)13-14-8(2)9(3)15-13/h5-7,16H,4H2,1-3H3,(H,14,15). The van der Waals surface area contributed by atoms with Crippen LogP contribution in [0.2, 0.25) is 0 Å². The zero-order chi connectivity index (χ0) is 12.4. The zero-order valence-corrected chi connectivity index (χ0v) is 10.2. The molecule has 4 nitrogen and oxygen atoms in total. The lowest BCUT2D eigenvalue weighted by molar-refractivity contribution is 0.318. The van der Waals surface area contributed by atoms with Gasteiger partial charge in [-0.3, -0.25) is 0 Å². The van der Waals surface area contributed by atoms with E-state index in [2.05, 4.69) is 9.97 Å². The summed E-state index contributed by atoms with van der Waals surface area (Å²) in [4.78, 5) is 7.52. The number of aryl methyl sites for hydroxylation is 2. The Morgan fingerprint density at radius 1 is 1.35 bits per heavy atom. The molecule has 0 amide bonds. The number of phenolic OH excluding ortho intramolecular Hbond substituents is 1. The van der Waals surface area contributed by atoms with E-state index < -0.39 is 0 Å². The third-order valence-electron chi connectivity index (χ3n) is 2.68. The molecule has 0 saturated heterocycles. The minimum atomic E-state index is 0.128. The number of H-pyrrole nitrogens is 1. The van der Waals surface area contributed by atoms with E-state index in [0.717, 1.165) is 11.4 Å². The van der Waals surface area contributed by atoms with Gasteiger partial charge in [0.25, 0.3) is 0 Å². The molecule has 0 saturated carbocycles. The van der Waals surface area contributed by atoms with Gasteiger partial charge in [-0.25, -0.2) is 4.98 Å². The summed E-state index contributed by atoms with van der Waals surface area (Å²) in [6, 6.07) is 5.40. The molecular formula is C13H16N2O2. The van der Waals surface area contributed by atoms with Gasteiger partial charge in [0.05, 0.1) is 17.9 Å². The second kappa shape index (κ2) is 4.49. The van der Waals surface area contributed by atoms with Crippen LogP contribution in [-0.4, -0.2) is 21.7 Å². The smallest absolute Gasteiger partial charge is 0.168 e. The van der Waals surface area contributed by atoms with E-state index >= 15 is 0 Å². The number of hydrogen-bond acceptors (Lipinski definition) is 3. The van der Waals surface area contributed by atoms with E-state index in [9.17, 15) is 5.11 Å². The molecule has 0 radical (unpaired) electrons. The quantitative estimate of drug-likeness (QED) is 0.855. The highest BCUT2D eigenvalue weighted by Crippen LogP contribution is 2.35. The normalized spacial score (nSPS) is 10.5. The molecule has 1 aromatic heterocycles. The number of para-hydroxylation sites is 1. The number of nitrogens with zero attached hydrogens (tertiary/aromatic N) is 1. The molecule has 0 aliphatic carbocycles. The molecule has 90 valence electrons. The lowest BCUT2D eigenvalue weighted by Gasteiger charge is -2.08. The Morgan fingerprint density at radius 3 is 2.71 bits per heavy atom. The Morgan fingerprint density at radius 2 is 2.12 bits per heavy atom. The minimum Gasteiger partial charge on any atom is -0.504 e. The number of aromatic amines is 1. The first-order chi connectivity index (χ1) is 8.13. The number of phenols is 1. The van der Waals surface area contributed by atoms with Crippen LogP contribution >= 0.6 is 0 Å². The Kier molecular flexibility index (Phi) is 3.04. The van der Waals surface area contributed by atoms with Crippen LogP contribution in [0.15, 0.2) is 18.2 Å². The fraction of sp³-hybridized carbons (Fsp3) is 0.308. The Bertz CT molecular complexity index is 513. The number of rotatable bonds is 3. The molecule has 17 heavy (non-hydrogen) atoms. The summed E-state index contributed by atoms with van der Waals surface area (Å²) in [6.45, 7) is 6.29. The number of benzene rings is 1. The van der Waals surface area contributed by atoms with Crippen LogP contribution in [0.4, 0.5) is 0 Å². The van der Waals surface area contributed by atoms with E-state index in [1.165, 1.54) is 0 Å². The third kappa shape index (κ3) is 2.11. The third-order valence-corrected chi connectivity index (χ3v) is 2.68. The second-order valence-corrected chi connectivity index (χ2v) is 3.88. The molecular weight excluding hydrogens is 216 g/mol. The summed E-state index contributed by atoms with van der Waals surface area (Å²) in [5.41, 5.74) is 2.59. The van der Waals surface area contributed by atoms with Crippen molar-refractivity contribution in [3.05, 3.63) is 29.6 Å². The molecule has 4 heteroatoms. The van der Waals surface area contributed by atoms with Gasteiger partial charge in [-0.05, 0) is 32.9 Å². The summed E-state index contributed by atoms with van der Waals surface area (Å²) in [6.07, 6.45) is 0. The first-order valence-electron chi connectivity index (χ1n) is 5.61. The number of aromatic nitrogens is 2. The van der Waals surface area contributed by atoms with Crippen LogP contribution in [0.25, 0.3) is 11.4 Å². The Balaban J connectivity index is 2.48. The van der Waals surface area contributed by atoms with Crippen molar-refractivity contribution in [3.63, 3.8) is 0 Å². The molecule has 0 aliphatic rings. The van der Waals surface area contributed by atoms with Gasteiger partial charge in [0, 0.05) is 5.69 Å². The van der Waals surface area contributed by atoms with Gasteiger partial charge >= 0.3 is 0 Å². The second-order valence-electron chi connectivity index (χ2n) is 3.88. The maximum atomic E-state index is 10.1. The van der Waals surface area contributed by atoms with E-state index in [-0.39, 0.29) is 5.75 Å². The summed E-state index contributed by atoms with van der Waals surface area (Å²) < 4.78 is 5.34. The average molecular weight is 232 g/mol. The predicted molar refractivity (Wildman–Crippen MR) is 66.3 cm³/mol. The highest BCUT2D eigenvalue weighted by atomic mass is 16.5. The number of ether oxygens (including phenoxy) is 1. The van der Waals surface area contributed by atoms with E-state index in [1.54, 1.807) is 6.07 Å². The van der Waals surface area contributed by atoms with Crippen LogP contribution < -0.4 is 4.74 Å². The lowest BCUT2D eigenvalue weighted by atomic mass is 10.2. The van der Waals surface area contributed by atoms with E-state index in [0.29, 0.717) is 23.7 Å². The van der Waals surface area contributed by atoms with Gasteiger partial charge in [-0.15, -0.1) is 0 Å². The average Bonchev–Trinajstić information content (AvgIpc) is 2.62. The molecule has 0 unspecified atom stereocenters. The number of aromatic hydroxyl groups is 1. The lowest BCUT2D eigenvalue weighted by Crippen LogP contribution is -1.93. The molecule has 2 rings (SSSR count). The van der Waals surface area contributed by atoms with Crippen molar-refractivity contribution < 1.29 is 9.84 Å². The molecule has 0 spiro atoms. The zero-order valence-electron chi connectivity index (χ0n) is 10.2. The summed E-state index contributed by atoms with van der Waals surface area (Å²) in [5, 5.41) is 10.1. The van der Waals surface area contributed by atoms with Gasteiger partial charge in [0.15, 0.2) is 11.5 Å². The van der Waals surface area contributed by atoms with Crippen molar-refractivity contribution in [2.24, 2.45) is 0 Å². The molecule has 2 N–H and O–H groups in total. The largest absolute Gasteiger partial charge is 0.504 e. The minimum absolute atomic E-state index is 0.128. The monoisotopic (exact) mass is 232 g/mol.